The highest BCUT2D eigenvalue weighted by Crippen LogP contribution is 2.12. The van der Waals surface area contributed by atoms with Crippen molar-refractivity contribution in [3.63, 3.8) is 0 Å². The molecule has 0 saturated heterocycles. The van der Waals surface area contributed by atoms with Gasteiger partial charge >= 0.3 is 0 Å². The van der Waals surface area contributed by atoms with Crippen LogP contribution in [0.3, 0.4) is 0 Å². The molecule has 0 unspecified atom stereocenters. The van der Waals surface area contributed by atoms with Crippen LogP contribution in [-0.2, 0) is 0 Å². The first-order valence-electron chi connectivity index (χ1n) is 4.99. The first kappa shape index (κ1) is 10.4. The highest BCUT2D eigenvalue weighted by molar-refractivity contribution is 5.53. The van der Waals surface area contributed by atoms with Crippen molar-refractivity contribution in [1.82, 2.24) is 9.38 Å². The molecule has 0 fully saturated rings. The van der Waals surface area contributed by atoms with E-state index in [2.05, 4.69) is 4.98 Å². The third-order valence-electron chi connectivity index (χ3n) is 2.36. The topological polar surface area (TPSA) is 60.4 Å². The van der Waals surface area contributed by atoms with E-state index in [-0.39, 0.29) is 10.6 Å². The predicted molar refractivity (Wildman–Crippen MR) is 60.5 cm³/mol. The number of fused-ring (bicyclic) bond motifs is 1. The molecule has 0 bridgehead atoms. The Morgan fingerprint density at radius 2 is 2.44 bits per heavy atom. The Hall–Kier alpha value is -2.17. The van der Waals surface area contributed by atoms with Crippen LogP contribution in [-0.4, -0.2) is 14.3 Å². The summed E-state index contributed by atoms with van der Waals surface area (Å²) in [6.45, 7) is 1.76. The maximum absolute atomic E-state index is 10.7. The van der Waals surface area contributed by atoms with Crippen molar-refractivity contribution in [1.29, 1.82) is 0 Å². The maximum atomic E-state index is 10.7. The van der Waals surface area contributed by atoms with Crippen molar-refractivity contribution in [2.75, 3.05) is 0 Å². The monoisotopic (exact) mass is 217 g/mol. The zero-order valence-corrected chi connectivity index (χ0v) is 8.83. The van der Waals surface area contributed by atoms with Crippen LogP contribution in [0.5, 0.6) is 0 Å². The third kappa shape index (κ3) is 1.79. The molecule has 16 heavy (non-hydrogen) atoms. The van der Waals surface area contributed by atoms with Gasteiger partial charge in [-0.25, -0.2) is 4.98 Å². The number of aromatic nitrogens is 2. The number of pyridine rings is 1. The minimum absolute atomic E-state index is 0.186. The van der Waals surface area contributed by atoms with Crippen molar-refractivity contribution in [2.24, 2.45) is 0 Å². The van der Waals surface area contributed by atoms with Gasteiger partial charge in [-0.2, -0.15) is 0 Å². The summed E-state index contributed by atoms with van der Waals surface area (Å²) in [6, 6.07) is 5.60. The number of imidazole rings is 1. The number of nitrogens with zero attached hydrogens (tertiary/aromatic N) is 3. The van der Waals surface area contributed by atoms with E-state index in [1.165, 1.54) is 0 Å². The Kier molecular flexibility index (Phi) is 2.68. The molecular weight excluding hydrogens is 206 g/mol. The minimum atomic E-state index is -0.359. The molecule has 0 N–H and O–H groups in total. The van der Waals surface area contributed by atoms with E-state index in [0.717, 1.165) is 11.3 Å². The fourth-order valence-electron chi connectivity index (χ4n) is 1.51. The zero-order valence-electron chi connectivity index (χ0n) is 8.83. The summed E-state index contributed by atoms with van der Waals surface area (Å²) < 4.78 is 1.82. The smallest absolute Gasteiger partial charge is 0.248 e. The average molecular weight is 217 g/mol. The minimum Gasteiger partial charge on any atom is -0.300 e. The van der Waals surface area contributed by atoms with Crippen molar-refractivity contribution in [3.8, 4) is 0 Å². The molecule has 0 radical (unpaired) electrons. The molecule has 0 amide bonds. The molecule has 2 aromatic rings. The summed E-state index contributed by atoms with van der Waals surface area (Å²) in [5.41, 5.74) is 1.70. The number of hydrogen-bond donors (Lipinski definition) is 0. The Morgan fingerprint density at radius 3 is 3.12 bits per heavy atom. The molecule has 2 heterocycles. The highest BCUT2D eigenvalue weighted by Gasteiger charge is 2.09. The van der Waals surface area contributed by atoms with Crippen molar-refractivity contribution >= 4 is 11.7 Å². The van der Waals surface area contributed by atoms with Gasteiger partial charge in [0.25, 0.3) is 0 Å². The van der Waals surface area contributed by atoms with Gasteiger partial charge < -0.3 is 4.40 Å². The van der Waals surface area contributed by atoms with Crippen LogP contribution in [0.25, 0.3) is 11.7 Å². The number of allylic oxidation sites excluding steroid dienone is 1. The summed E-state index contributed by atoms with van der Waals surface area (Å²) in [5.74, 6) is 0. The SMILES string of the molecule is CC/C(=C\c1cnc2ccccn12)[N+](=O)[O-]. The predicted octanol–water partition coefficient (Wildman–Crippen LogP) is 2.36. The second-order valence-electron chi connectivity index (χ2n) is 3.36. The molecule has 0 aliphatic carbocycles. The maximum Gasteiger partial charge on any atom is 0.248 e. The van der Waals surface area contributed by atoms with Gasteiger partial charge in [0, 0.05) is 18.7 Å². The van der Waals surface area contributed by atoms with E-state index in [4.69, 9.17) is 0 Å². The lowest BCUT2D eigenvalue weighted by molar-refractivity contribution is -0.425. The zero-order chi connectivity index (χ0) is 11.5. The fraction of sp³-hybridized carbons (Fsp3) is 0.182. The summed E-state index contributed by atoms with van der Waals surface area (Å²) in [7, 11) is 0. The van der Waals surface area contributed by atoms with Gasteiger partial charge in [-0.15, -0.1) is 0 Å². The lowest BCUT2D eigenvalue weighted by Crippen LogP contribution is -1.97. The fourth-order valence-corrected chi connectivity index (χ4v) is 1.51. The Bertz CT molecular complexity index is 557. The van der Waals surface area contributed by atoms with Gasteiger partial charge in [0.15, 0.2) is 0 Å². The molecule has 0 aliphatic heterocycles. The average Bonchev–Trinajstić information content (AvgIpc) is 2.69. The molecule has 0 saturated carbocycles. The van der Waals surface area contributed by atoms with Gasteiger partial charge in [-0.3, -0.25) is 10.1 Å². The summed E-state index contributed by atoms with van der Waals surface area (Å²) >= 11 is 0. The first-order chi connectivity index (χ1) is 7.72. The highest BCUT2D eigenvalue weighted by atomic mass is 16.6. The largest absolute Gasteiger partial charge is 0.300 e. The molecule has 5 heteroatoms. The van der Waals surface area contributed by atoms with Crippen LogP contribution in [0.2, 0.25) is 0 Å². The van der Waals surface area contributed by atoms with Gasteiger partial charge in [0.1, 0.15) is 5.65 Å². The van der Waals surface area contributed by atoms with Crippen LogP contribution in [0.15, 0.2) is 36.3 Å². The molecule has 5 nitrogen and oxygen atoms in total. The molecule has 0 atom stereocenters. The standard InChI is InChI=1S/C11H11N3O2/c1-2-9(14(15)16)7-10-8-12-11-5-3-4-6-13(10)11/h3-8H,2H2,1H3/b9-7+. The van der Waals surface area contributed by atoms with Crippen molar-refractivity contribution in [2.45, 2.75) is 13.3 Å². The Balaban J connectivity index is 2.52. The first-order valence-corrected chi connectivity index (χ1v) is 4.99. The van der Waals surface area contributed by atoms with Crippen LogP contribution >= 0.6 is 0 Å². The van der Waals surface area contributed by atoms with E-state index >= 15 is 0 Å². The van der Waals surface area contributed by atoms with Crippen LogP contribution < -0.4 is 0 Å². The molecule has 2 rings (SSSR count). The van der Waals surface area contributed by atoms with Gasteiger partial charge in [-0.1, -0.05) is 13.0 Å². The van der Waals surface area contributed by atoms with Crippen LogP contribution in [0.4, 0.5) is 0 Å². The molecule has 0 aliphatic rings. The van der Waals surface area contributed by atoms with Gasteiger partial charge in [0.05, 0.1) is 16.8 Å². The molecule has 0 aromatic carbocycles. The van der Waals surface area contributed by atoms with E-state index in [1.807, 2.05) is 28.8 Å². The van der Waals surface area contributed by atoms with E-state index in [0.29, 0.717) is 6.42 Å². The number of nitro groups is 1. The third-order valence-corrected chi connectivity index (χ3v) is 2.36. The van der Waals surface area contributed by atoms with Crippen LogP contribution in [0, 0.1) is 10.1 Å². The normalized spacial score (nSPS) is 11.9. The molecule has 0 spiro atoms. The van der Waals surface area contributed by atoms with Crippen molar-refractivity contribution in [3.05, 3.63) is 52.1 Å². The van der Waals surface area contributed by atoms with E-state index in [9.17, 15) is 10.1 Å². The van der Waals surface area contributed by atoms with E-state index in [1.54, 1.807) is 19.2 Å². The molecule has 82 valence electrons. The summed E-state index contributed by atoms with van der Waals surface area (Å²) in [6.07, 6.45) is 5.42. The van der Waals surface area contributed by atoms with Gasteiger partial charge in [-0.05, 0) is 12.1 Å². The summed E-state index contributed by atoms with van der Waals surface area (Å²) in [5, 5.41) is 10.7. The Morgan fingerprint density at radius 1 is 1.62 bits per heavy atom. The number of hydrogen-bond acceptors (Lipinski definition) is 3. The summed E-state index contributed by atoms with van der Waals surface area (Å²) in [4.78, 5) is 14.5. The molecular formula is C11H11N3O2. The quantitative estimate of drug-likeness (QED) is 0.585. The Labute approximate surface area is 92.2 Å². The second-order valence-corrected chi connectivity index (χ2v) is 3.36. The second kappa shape index (κ2) is 4.14. The molecule has 2 aromatic heterocycles. The lowest BCUT2D eigenvalue weighted by Gasteiger charge is -1.96. The van der Waals surface area contributed by atoms with E-state index < -0.39 is 0 Å². The lowest BCUT2D eigenvalue weighted by atomic mass is 10.3. The number of rotatable bonds is 3. The van der Waals surface area contributed by atoms with Crippen LogP contribution in [0.1, 0.15) is 19.0 Å². The van der Waals surface area contributed by atoms with Gasteiger partial charge in [0.2, 0.25) is 5.70 Å². The van der Waals surface area contributed by atoms with Crippen molar-refractivity contribution < 1.29 is 4.92 Å².